The zero-order valence-corrected chi connectivity index (χ0v) is 17.2. The molecule has 2 heterocycles. The lowest BCUT2D eigenvalue weighted by Gasteiger charge is -2.33. The van der Waals surface area contributed by atoms with Gasteiger partial charge in [-0.15, -0.1) is 0 Å². The summed E-state index contributed by atoms with van der Waals surface area (Å²) in [6.07, 6.45) is 6.34. The van der Waals surface area contributed by atoms with E-state index in [1.165, 1.54) is 0 Å². The molecule has 9 heteroatoms. The smallest absolute Gasteiger partial charge is 0.243 e. The van der Waals surface area contributed by atoms with Crippen LogP contribution in [-0.2, 0) is 9.53 Å². The Balaban J connectivity index is 1.84. The Kier molecular flexibility index (Phi) is 9.47. The highest BCUT2D eigenvalue weighted by molar-refractivity contribution is 5.84. The Hall–Kier alpha value is -2.42. The van der Waals surface area contributed by atoms with Crippen molar-refractivity contribution in [1.29, 1.82) is 0 Å². The van der Waals surface area contributed by atoms with Gasteiger partial charge in [-0.05, 0) is 32.3 Å². The quantitative estimate of drug-likeness (QED) is 0.359. The van der Waals surface area contributed by atoms with Crippen molar-refractivity contribution in [2.75, 3.05) is 58.4 Å². The molecule has 0 radical (unpaired) electrons. The molecule has 9 nitrogen and oxygen atoms in total. The first-order chi connectivity index (χ1) is 13.6. The van der Waals surface area contributed by atoms with E-state index in [-0.39, 0.29) is 12.5 Å². The molecule has 1 aliphatic heterocycles. The van der Waals surface area contributed by atoms with E-state index in [0.29, 0.717) is 18.6 Å². The Morgan fingerprint density at radius 1 is 1.32 bits per heavy atom. The number of guanidine groups is 1. The Morgan fingerprint density at radius 3 is 2.68 bits per heavy atom. The van der Waals surface area contributed by atoms with Crippen LogP contribution in [0.2, 0.25) is 0 Å². The molecule has 0 saturated carbocycles. The fourth-order valence-corrected chi connectivity index (χ4v) is 2.84. The van der Waals surface area contributed by atoms with Crippen molar-refractivity contribution in [1.82, 2.24) is 25.5 Å². The lowest BCUT2D eigenvalue weighted by atomic mass is 10.1. The maximum absolute atomic E-state index is 11.9. The maximum Gasteiger partial charge on any atom is 0.243 e. The van der Waals surface area contributed by atoms with Gasteiger partial charge in [0.05, 0.1) is 0 Å². The van der Waals surface area contributed by atoms with Crippen LogP contribution in [0.4, 0.5) is 5.95 Å². The van der Waals surface area contributed by atoms with E-state index < -0.39 is 0 Å². The molecule has 28 heavy (non-hydrogen) atoms. The van der Waals surface area contributed by atoms with Gasteiger partial charge in [0.15, 0.2) is 5.96 Å². The Morgan fingerprint density at radius 2 is 2.04 bits per heavy atom. The third-order valence-corrected chi connectivity index (χ3v) is 4.50. The molecule has 0 aliphatic carbocycles. The predicted octanol–water partition coefficient (Wildman–Crippen LogP) is 0.495. The maximum atomic E-state index is 11.9. The van der Waals surface area contributed by atoms with Crippen molar-refractivity contribution in [3.05, 3.63) is 18.5 Å². The summed E-state index contributed by atoms with van der Waals surface area (Å²) < 4.78 is 5.37. The lowest BCUT2D eigenvalue weighted by Crippen LogP contribution is -2.49. The van der Waals surface area contributed by atoms with Crippen LogP contribution in [0.15, 0.2) is 23.5 Å². The standard InChI is InChI=1S/C19H33N7O2/c1-4-28-14-6-11-20-18(23-15-17(27)25(2)3)24-16-7-12-26(13-8-16)19-21-9-5-10-22-19/h5,9-10,16H,4,6-8,11-15H2,1-3H3,(H2,20,23,24). The van der Waals surface area contributed by atoms with Crippen molar-refractivity contribution in [3.8, 4) is 0 Å². The van der Waals surface area contributed by atoms with Gasteiger partial charge in [0.25, 0.3) is 0 Å². The van der Waals surface area contributed by atoms with Crippen molar-refractivity contribution in [2.45, 2.75) is 32.2 Å². The van der Waals surface area contributed by atoms with Gasteiger partial charge < -0.3 is 25.2 Å². The average molecular weight is 392 g/mol. The molecule has 0 aromatic carbocycles. The second kappa shape index (κ2) is 12.1. The van der Waals surface area contributed by atoms with E-state index in [1.807, 2.05) is 13.0 Å². The third-order valence-electron chi connectivity index (χ3n) is 4.50. The van der Waals surface area contributed by atoms with E-state index in [2.05, 4.69) is 30.5 Å². The van der Waals surface area contributed by atoms with Gasteiger partial charge in [-0.3, -0.25) is 4.79 Å². The second-order valence-corrected chi connectivity index (χ2v) is 6.88. The molecule has 0 spiro atoms. The van der Waals surface area contributed by atoms with E-state index in [1.54, 1.807) is 31.4 Å². The molecule has 2 rings (SSSR count). The zero-order chi connectivity index (χ0) is 20.2. The number of likely N-dealkylation sites (N-methyl/N-ethyl adjacent to an activating group) is 1. The molecule has 1 aromatic rings. The molecule has 0 unspecified atom stereocenters. The number of anilines is 1. The summed E-state index contributed by atoms with van der Waals surface area (Å²) in [6, 6.07) is 2.12. The number of carbonyl (C=O) groups is 1. The topological polar surface area (TPSA) is 95.0 Å². The molecular weight excluding hydrogens is 358 g/mol. The highest BCUT2D eigenvalue weighted by atomic mass is 16.5. The first kappa shape index (κ1) is 21.9. The average Bonchev–Trinajstić information content (AvgIpc) is 2.72. The number of amides is 1. The number of aliphatic imine (C=N–C) groups is 1. The van der Waals surface area contributed by atoms with E-state index in [9.17, 15) is 4.79 Å². The van der Waals surface area contributed by atoms with Gasteiger partial charge in [0.1, 0.15) is 6.54 Å². The molecule has 0 bridgehead atoms. The molecule has 1 aliphatic rings. The summed E-state index contributed by atoms with van der Waals surface area (Å²) in [5.74, 6) is 1.44. The number of rotatable bonds is 9. The van der Waals surface area contributed by atoms with Crippen molar-refractivity contribution in [2.24, 2.45) is 4.99 Å². The molecule has 0 atom stereocenters. The molecule has 156 valence electrons. The molecular formula is C19H33N7O2. The van der Waals surface area contributed by atoms with E-state index in [4.69, 9.17) is 4.74 Å². The minimum atomic E-state index is -0.0218. The van der Waals surface area contributed by atoms with Gasteiger partial charge in [-0.2, -0.15) is 0 Å². The first-order valence-electron chi connectivity index (χ1n) is 9.95. The number of piperidine rings is 1. The van der Waals surface area contributed by atoms with Crippen molar-refractivity contribution in [3.63, 3.8) is 0 Å². The van der Waals surface area contributed by atoms with Gasteiger partial charge in [0.2, 0.25) is 11.9 Å². The normalized spacial score (nSPS) is 15.4. The SMILES string of the molecule is CCOCCCNC(=NCC(=O)N(C)C)NC1CCN(c2ncccn2)CC1. The summed E-state index contributed by atoms with van der Waals surface area (Å²) in [5.41, 5.74) is 0. The minimum absolute atomic E-state index is 0.0218. The fraction of sp³-hybridized carbons (Fsp3) is 0.684. The molecule has 2 N–H and O–H groups in total. The zero-order valence-electron chi connectivity index (χ0n) is 17.2. The van der Waals surface area contributed by atoms with Crippen LogP contribution < -0.4 is 15.5 Å². The monoisotopic (exact) mass is 391 g/mol. The number of aromatic nitrogens is 2. The van der Waals surface area contributed by atoms with Crippen molar-refractivity contribution >= 4 is 17.8 Å². The number of ether oxygens (including phenoxy) is 1. The Bertz CT molecular complexity index is 602. The summed E-state index contributed by atoms with van der Waals surface area (Å²) in [7, 11) is 3.48. The molecule has 1 fully saturated rings. The highest BCUT2D eigenvalue weighted by Crippen LogP contribution is 2.15. The fourth-order valence-electron chi connectivity index (χ4n) is 2.84. The number of carbonyl (C=O) groups excluding carboxylic acids is 1. The molecule has 1 amide bonds. The van der Waals surface area contributed by atoms with Crippen LogP contribution >= 0.6 is 0 Å². The lowest BCUT2D eigenvalue weighted by molar-refractivity contribution is -0.127. The van der Waals surface area contributed by atoms with E-state index in [0.717, 1.165) is 51.5 Å². The van der Waals surface area contributed by atoms with Crippen molar-refractivity contribution < 1.29 is 9.53 Å². The summed E-state index contributed by atoms with van der Waals surface area (Å²) in [4.78, 5) is 28.7. The van der Waals surface area contributed by atoms with Crippen LogP contribution in [0.25, 0.3) is 0 Å². The minimum Gasteiger partial charge on any atom is -0.382 e. The van der Waals surface area contributed by atoms with Crippen LogP contribution in [0, 0.1) is 0 Å². The first-order valence-corrected chi connectivity index (χ1v) is 9.95. The number of nitrogens with one attached hydrogen (secondary N) is 2. The summed E-state index contributed by atoms with van der Waals surface area (Å²) in [5, 5.41) is 6.79. The number of hydrogen-bond acceptors (Lipinski definition) is 6. The molecule has 1 saturated heterocycles. The number of hydrogen-bond donors (Lipinski definition) is 2. The van der Waals surface area contributed by atoms with Gasteiger partial charge in [-0.1, -0.05) is 0 Å². The van der Waals surface area contributed by atoms with Crippen LogP contribution in [0.5, 0.6) is 0 Å². The predicted molar refractivity (Wildman–Crippen MR) is 111 cm³/mol. The summed E-state index contributed by atoms with van der Waals surface area (Å²) >= 11 is 0. The van der Waals surface area contributed by atoms with E-state index >= 15 is 0 Å². The van der Waals surface area contributed by atoms with Crippen LogP contribution in [-0.4, -0.2) is 86.3 Å². The largest absolute Gasteiger partial charge is 0.382 e. The van der Waals surface area contributed by atoms with Crippen LogP contribution in [0.3, 0.4) is 0 Å². The highest BCUT2D eigenvalue weighted by Gasteiger charge is 2.21. The summed E-state index contributed by atoms with van der Waals surface area (Å²) in [6.45, 7) is 6.07. The second-order valence-electron chi connectivity index (χ2n) is 6.88. The molecule has 1 aromatic heterocycles. The Labute approximate surface area is 167 Å². The van der Waals surface area contributed by atoms with Gasteiger partial charge >= 0.3 is 0 Å². The van der Waals surface area contributed by atoms with Gasteiger partial charge in [0, 0.05) is 65.4 Å². The van der Waals surface area contributed by atoms with Crippen LogP contribution in [0.1, 0.15) is 26.2 Å². The van der Waals surface area contributed by atoms with Gasteiger partial charge in [-0.25, -0.2) is 15.0 Å². The third kappa shape index (κ3) is 7.67. The number of nitrogens with zero attached hydrogens (tertiary/aromatic N) is 5.